The molecule has 5 rings (SSSR count). The Balaban J connectivity index is 1.18. The molecule has 0 heterocycles. The second-order valence-corrected chi connectivity index (χ2v) is 14.5. The monoisotopic (exact) mass is 560 g/mol. The van der Waals surface area contributed by atoms with Gasteiger partial charge in [-0.2, -0.15) is 0 Å². The zero-order valence-electron chi connectivity index (χ0n) is 25.0. The van der Waals surface area contributed by atoms with E-state index in [1.54, 1.807) is 0 Å². The van der Waals surface area contributed by atoms with Crippen molar-refractivity contribution in [3.05, 3.63) is 12.2 Å². The van der Waals surface area contributed by atoms with E-state index in [-0.39, 0.29) is 70.9 Å². The van der Waals surface area contributed by atoms with Crippen molar-refractivity contribution in [2.45, 2.75) is 129 Å². The van der Waals surface area contributed by atoms with Gasteiger partial charge in [-0.15, -0.1) is 0 Å². The average molecular weight is 561 g/mol. The molecular weight excluding hydrogens is 508 g/mol. The van der Waals surface area contributed by atoms with Gasteiger partial charge < -0.3 is 24.8 Å². The molecule has 7 nitrogen and oxygen atoms in total. The van der Waals surface area contributed by atoms with Crippen LogP contribution in [-0.4, -0.2) is 57.8 Å². The van der Waals surface area contributed by atoms with Gasteiger partial charge in [-0.3, -0.25) is 4.79 Å². The number of carbonyl (C=O) groups is 2. The van der Waals surface area contributed by atoms with Crippen molar-refractivity contribution in [1.82, 2.24) is 0 Å². The first kappa shape index (κ1) is 30.0. The lowest BCUT2D eigenvalue weighted by Gasteiger charge is -2.62. The van der Waals surface area contributed by atoms with Gasteiger partial charge in [0.25, 0.3) is 0 Å². The van der Waals surface area contributed by atoms with Crippen molar-refractivity contribution in [1.29, 1.82) is 0 Å². The summed E-state index contributed by atoms with van der Waals surface area (Å²) in [5.74, 6) is 0.399. The molecule has 4 saturated carbocycles. The summed E-state index contributed by atoms with van der Waals surface area (Å²) in [6, 6.07) is 0. The maximum atomic E-state index is 12.6. The Morgan fingerprint density at radius 3 is 2.42 bits per heavy atom. The van der Waals surface area contributed by atoms with Gasteiger partial charge in [-0.1, -0.05) is 39.8 Å². The van der Waals surface area contributed by atoms with Crippen LogP contribution in [0.5, 0.6) is 0 Å². The molecule has 0 saturated heterocycles. The number of esters is 2. The fourth-order valence-corrected chi connectivity index (χ4v) is 10.3. The molecule has 11 unspecified atom stereocenters. The summed E-state index contributed by atoms with van der Waals surface area (Å²) in [5.41, 5.74) is -0.814. The van der Waals surface area contributed by atoms with Crippen LogP contribution in [0.3, 0.4) is 0 Å². The van der Waals surface area contributed by atoms with Gasteiger partial charge in [0.05, 0.1) is 18.3 Å². The molecule has 5 aliphatic rings. The molecule has 5 aliphatic carbocycles. The third-order valence-electron chi connectivity index (χ3n) is 12.7. The van der Waals surface area contributed by atoms with Gasteiger partial charge in [-0.05, 0) is 117 Å². The predicted molar refractivity (Wildman–Crippen MR) is 151 cm³/mol. The average Bonchev–Trinajstić information content (AvgIpc) is 3.53. The van der Waals surface area contributed by atoms with Crippen LogP contribution in [-0.2, 0) is 19.1 Å². The van der Waals surface area contributed by atoms with Crippen molar-refractivity contribution in [3.8, 4) is 0 Å². The van der Waals surface area contributed by atoms with E-state index in [1.807, 2.05) is 13.0 Å². The molecule has 11 atom stereocenters. The zero-order chi connectivity index (χ0) is 28.9. The number of hydrogen-bond acceptors (Lipinski definition) is 7. The fourth-order valence-electron chi connectivity index (χ4n) is 10.3. The third kappa shape index (κ3) is 5.17. The maximum absolute atomic E-state index is 12.6. The minimum atomic E-state index is -0.472. The molecule has 40 heavy (non-hydrogen) atoms. The van der Waals surface area contributed by atoms with Gasteiger partial charge in [-0.25, -0.2) is 4.79 Å². The van der Waals surface area contributed by atoms with Crippen LogP contribution in [0.2, 0.25) is 0 Å². The number of allylic oxidation sites excluding steroid dienone is 1. The highest BCUT2D eigenvalue weighted by atomic mass is 16.6. The summed E-state index contributed by atoms with van der Waals surface area (Å²) >= 11 is 0. The van der Waals surface area contributed by atoms with E-state index >= 15 is 0 Å². The molecule has 0 bridgehead atoms. The van der Waals surface area contributed by atoms with Crippen molar-refractivity contribution < 1.29 is 34.4 Å². The highest BCUT2D eigenvalue weighted by Crippen LogP contribution is 2.67. The normalized spacial score (nSPS) is 44.3. The van der Waals surface area contributed by atoms with Crippen LogP contribution in [0.15, 0.2) is 12.2 Å². The van der Waals surface area contributed by atoms with Crippen LogP contribution < -0.4 is 0 Å². The number of fused-ring (bicyclic) bond motifs is 5. The molecule has 0 aromatic rings. The molecule has 7 heteroatoms. The smallest absolute Gasteiger partial charge is 0.344 e. The van der Waals surface area contributed by atoms with E-state index < -0.39 is 24.3 Å². The van der Waals surface area contributed by atoms with E-state index in [0.717, 1.165) is 44.9 Å². The molecule has 0 spiro atoms. The number of ether oxygens (including phenoxy) is 2. The van der Waals surface area contributed by atoms with Crippen LogP contribution in [0.25, 0.3) is 0 Å². The number of aliphatic hydroxyl groups is 3. The molecular formula is C33H52O7. The Bertz CT molecular complexity index is 972. The van der Waals surface area contributed by atoms with Gasteiger partial charge >= 0.3 is 11.9 Å². The minimum Gasteiger partial charge on any atom is -0.457 e. The molecule has 0 amide bonds. The fraction of sp³-hybridized carbons (Fsp3) is 0.879. The van der Waals surface area contributed by atoms with E-state index in [1.165, 1.54) is 0 Å². The summed E-state index contributed by atoms with van der Waals surface area (Å²) < 4.78 is 11.0. The molecule has 0 aromatic heterocycles. The molecule has 226 valence electrons. The third-order valence-corrected chi connectivity index (χ3v) is 12.7. The van der Waals surface area contributed by atoms with Crippen LogP contribution in [0.4, 0.5) is 0 Å². The SMILES string of the molecule is CCC1(OC(=O)COC(=O)CCC(C)C2CCC3C4C(O)CC5CC(O)C=CC5(C)C4CC(O)C23C)CCCC1. The lowest BCUT2D eigenvalue weighted by atomic mass is 9.44. The van der Waals surface area contributed by atoms with Gasteiger partial charge in [0.2, 0.25) is 0 Å². The van der Waals surface area contributed by atoms with Crippen molar-refractivity contribution >= 4 is 11.9 Å². The largest absolute Gasteiger partial charge is 0.457 e. The predicted octanol–water partition coefficient (Wildman–Crippen LogP) is 4.95. The topological polar surface area (TPSA) is 113 Å². The Kier molecular flexibility index (Phi) is 8.51. The van der Waals surface area contributed by atoms with Crippen LogP contribution >= 0.6 is 0 Å². The zero-order valence-corrected chi connectivity index (χ0v) is 25.0. The summed E-state index contributed by atoms with van der Waals surface area (Å²) in [6.07, 6.45) is 12.3. The van der Waals surface area contributed by atoms with Gasteiger partial charge in [0.15, 0.2) is 6.61 Å². The van der Waals surface area contributed by atoms with Crippen molar-refractivity contribution in [3.63, 3.8) is 0 Å². The molecule has 4 fully saturated rings. The number of hydrogen-bond donors (Lipinski definition) is 3. The standard InChI is InChI=1S/C33H52O7/c1-5-33(13-6-7-14-33)40-29(38)19-39-28(37)11-8-20(2)23-9-10-24-30-25(18-27(36)32(23,24)4)31(3)15-12-22(34)16-21(31)17-26(30)35/h12,15,20-27,30,34-36H,5-11,13-14,16-19H2,1-4H3. The second kappa shape index (κ2) is 11.3. The van der Waals surface area contributed by atoms with E-state index in [9.17, 15) is 24.9 Å². The first-order valence-corrected chi connectivity index (χ1v) is 16.0. The maximum Gasteiger partial charge on any atom is 0.344 e. The van der Waals surface area contributed by atoms with Crippen LogP contribution in [0.1, 0.15) is 105 Å². The van der Waals surface area contributed by atoms with E-state index in [0.29, 0.717) is 25.7 Å². The second-order valence-electron chi connectivity index (χ2n) is 14.5. The Morgan fingerprint density at radius 2 is 1.73 bits per heavy atom. The molecule has 3 N–H and O–H groups in total. The summed E-state index contributed by atoms with van der Waals surface area (Å²) in [5, 5.41) is 33.4. The molecule has 0 aromatic carbocycles. The van der Waals surface area contributed by atoms with E-state index in [2.05, 4.69) is 26.8 Å². The number of aliphatic hydroxyl groups excluding tert-OH is 3. The van der Waals surface area contributed by atoms with Gasteiger partial charge in [0.1, 0.15) is 5.60 Å². The number of carbonyl (C=O) groups excluding carboxylic acids is 2. The molecule has 0 aliphatic heterocycles. The quantitative estimate of drug-likeness (QED) is 0.284. The molecule has 0 radical (unpaired) electrons. The highest BCUT2D eigenvalue weighted by Gasteiger charge is 2.65. The first-order chi connectivity index (χ1) is 18.9. The minimum absolute atomic E-state index is 0.116. The summed E-state index contributed by atoms with van der Waals surface area (Å²) in [7, 11) is 0. The lowest BCUT2D eigenvalue weighted by molar-refractivity contribution is -0.188. The van der Waals surface area contributed by atoms with Gasteiger partial charge in [0, 0.05) is 6.42 Å². The summed E-state index contributed by atoms with van der Waals surface area (Å²) in [6.45, 7) is 8.36. The number of rotatable bonds is 8. The summed E-state index contributed by atoms with van der Waals surface area (Å²) in [4.78, 5) is 24.9. The highest BCUT2D eigenvalue weighted by molar-refractivity contribution is 5.76. The van der Waals surface area contributed by atoms with E-state index in [4.69, 9.17) is 9.47 Å². The Hall–Kier alpha value is -1.44. The first-order valence-electron chi connectivity index (χ1n) is 16.0. The lowest BCUT2D eigenvalue weighted by Crippen LogP contribution is -2.61. The van der Waals surface area contributed by atoms with Crippen molar-refractivity contribution in [2.24, 2.45) is 46.3 Å². The Labute approximate surface area is 240 Å². The van der Waals surface area contributed by atoms with Crippen molar-refractivity contribution in [2.75, 3.05) is 6.61 Å². The Morgan fingerprint density at radius 1 is 1.00 bits per heavy atom. The van der Waals surface area contributed by atoms with Crippen LogP contribution in [0, 0.1) is 46.3 Å².